The topological polar surface area (TPSA) is 75.4 Å². The van der Waals surface area contributed by atoms with Crippen LogP contribution in [-0.2, 0) is 0 Å². The summed E-state index contributed by atoms with van der Waals surface area (Å²) in [6.07, 6.45) is 0. The van der Waals surface area contributed by atoms with Gasteiger partial charge in [-0.25, -0.2) is 4.98 Å². The zero-order valence-corrected chi connectivity index (χ0v) is 14.9. The molecule has 0 radical (unpaired) electrons. The Morgan fingerprint density at radius 1 is 1.20 bits per heavy atom. The molecular formula is C18H17N3O3S. The van der Waals surface area contributed by atoms with Crippen LogP contribution >= 0.6 is 11.3 Å². The summed E-state index contributed by atoms with van der Waals surface area (Å²) in [5.41, 5.74) is 1.35. The van der Waals surface area contributed by atoms with Gasteiger partial charge in [0, 0.05) is 30.7 Å². The summed E-state index contributed by atoms with van der Waals surface area (Å²) >= 11 is 1.34. The van der Waals surface area contributed by atoms with Gasteiger partial charge in [-0.1, -0.05) is 6.07 Å². The van der Waals surface area contributed by atoms with Gasteiger partial charge in [0.25, 0.3) is 11.8 Å². The number of hydrogen-bond acceptors (Lipinski definition) is 5. The maximum absolute atomic E-state index is 12.4. The molecule has 2 aromatic heterocycles. The van der Waals surface area contributed by atoms with Crippen LogP contribution < -0.4 is 5.32 Å². The van der Waals surface area contributed by atoms with Crippen molar-refractivity contribution in [3.8, 4) is 10.8 Å². The minimum atomic E-state index is -0.333. The Labute approximate surface area is 149 Å². The average molecular weight is 355 g/mol. The highest BCUT2D eigenvalue weighted by Gasteiger charge is 2.15. The third-order valence-electron chi connectivity index (χ3n) is 3.46. The van der Waals surface area contributed by atoms with Crippen molar-refractivity contribution < 1.29 is 14.0 Å². The molecule has 3 rings (SSSR count). The number of nitrogens with zero attached hydrogens (tertiary/aromatic N) is 2. The fourth-order valence-electron chi connectivity index (χ4n) is 2.22. The van der Waals surface area contributed by atoms with E-state index in [9.17, 15) is 9.59 Å². The number of hydrogen-bond donors (Lipinski definition) is 1. The maximum atomic E-state index is 12.4. The molecule has 0 saturated heterocycles. The molecule has 1 N–H and O–H groups in total. The molecule has 3 aromatic rings. The van der Waals surface area contributed by atoms with Gasteiger partial charge >= 0.3 is 0 Å². The van der Waals surface area contributed by atoms with Gasteiger partial charge in [0.2, 0.25) is 0 Å². The standard InChI is InChI=1S/C18H17N3O3S/c1-11-7-8-15(24-11)17-20-14(10-25-17)16(22)19-13-6-4-5-12(9-13)18(23)21(2)3/h4-10H,1-3H3,(H,19,22). The van der Waals surface area contributed by atoms with Crippen molar-refractivity contribution in [3.63, 3.8) is 0 Å². The molecule has 128 valence electrons. The monoisotopic (exact) mass is 355 g/mol. The largest absolute Gasteiger partial charge is 0.459 e. The Morgan fingerprint density at radius 2 is 2.00 bits per heavy atom. The van der Waals surface area contributed by atoms with E-state index in [0.29, 0.717) is 27.7 Å². The molecule has 0 unspecified atom stereocenters. The fraction of sp³-hybridized carbons (Fsp3) is 0.167. The van der Waals surface area contributed by atoms with Crippen LogP contribution in [0.25, 0.3) is 10.8 Å². The fourth-order valence-corrected chi connectivity index (χ4v) is 2.98. The Hall–Kier alpha value is -2.93. The minimum Gasteiger partial charge on any atom is -0.459 e. The van der Waals surface area contributed by atoms with E-state index in [-0.39, 0.29) is 11.8 Å². The van der Waals surface area contributed by atoms with Crippen molar-refractivity contribution in [1.29, 1.82) is 0 Å². The SMILES string of the molecule is Cc1ccc(-c2nc(C(=O)Nc3cccc(C(=O)N(C)C)c3)cs2)o1. The van der Waals surface area contributed by atoms with Gasteiger partial charge in [-0.3, -0.25) is 9.59 Å². The van der Waals surface area contributed by atoms with Crippen LogP contribution in [-0.4, -0.2) is 35.8 Å². The van der Waals surface area contributed by atoms with Crippen molar-refractivity contribution in [2.45, 2.75) is 6.92 Å². The van der Waals surface area contributed by atoms with E-state index in [0.717, 1.165) is 5.76 Å². The third-order valence-corrected chi connectivity index (χ3v) is 4.32. The van der Waals surface area contributed by atoms with Crippen molar-refractivity contribution in [2.75, 3.05) is 19.4 Å². The van der Waals surface area contributed by atoms with Gasteiger partial charge in [-0.2, -0.15) is 0 Å². The summed E-state index contributed by atoms with van der Waals surface area (Å²) in [5, 5.41) is 5.09. The number of aromatic nitrogens is 1. The molecule has 7 heteroatoms. The number of benzene rings is 1. The van der Waals surface area contributed by atoms with Crippen LogP contribution in [0.1, 0.15) is 26.6 Å². The van der Waals surface area contributed by atoms with E-state index < -0.39 is 0 Å². The number of furan rings is 1. The van der Waals surface area contributed by atoms with Gasteiger partial charge in [-0.05, 0) is 37.3 Å². The minimum absolute atomic E-state index is 0.125. The average Bonchev–Trinajstić information content (AvgIpc) is 3.23. The molecule has 0 aliphatic rings. The summed E-state index contributed by atoms with van der Waals surface area (Å²) in [7, 11) is 3.36. The van der Waals surface area contributed by atoms with Gasteiger partial charge in [0.1, 0.15) is 11.5 Å². The number of aryl methyl sites for hydroxylation is 1. The first kappa shape index (κ1) is 16.9. The third kappa shape index (κ3) is 3.77. The highest BCUT2D eigenvalue weighted by Crippen LogP contribution is 2.26. The van der Waals surface area contributed by atoms with E-state index in [2.05, 4.69) is 10.3 Å². The molecule has 1 aromatic carbocycles. The van der Waals surface area contributed by atoms with Gasteiger partial charge in [-0.15, -0.1) is 11.3 Å². The molecule has 0 aliphatic carbocycles. The molecular weight excluding hydrogens is 338 g/mol. The molecule has 0 saturated carbocycles. The second-order valence-electron chi connectivity index (χ2n) is 5.68. The van der Waals surface area contributed by atoms with E-state index in [1.165, 1.54) is 16.2 Å². The number of anilines is 1. The van der Waals surface area contributed by atoms with E-state index in [4.69, 9.17) is 4.42 Å². The quantitative estimate of drug-likeness (QED) is 0.775. The highest BCUT2D eigenvalue weighted by molar-refractivity contribution is 7.13. The zero-order chi connectivity index (χ0) is 18.0. The molecule has 2 heterocycles. The molecule has 0 spiro atoms. The number of carbonyl (C=O) groups excluding carboxylic acids is 2. The molecule has 0 atom stereocenters. The van der Waals surface area contributed by atoms with E-state index in [1.807, 2.05) is 19.1 Å². The van der Waals surface area contributed by atoms with Gasteiger partial charge < -0.3 is 14.6 Å². The lowest BCUT2D eigenvalue weighted by Crippen LogP contribution is -2.22. The summed E-state index contributed by atoms with van der Waals surface area (Å²) in [6.45, 7) is 1.85. The van der Waals surface area contributed by atoms with Crippen LogP contribution in [0.2, 0.25) is 0 Å². The van der Waals surface area contributed by atoms with Crippen molar-refractivity contribution in [1.82, 2.24) is 9.88 Å². The first-order valence-corrected chi connectivity index (χ1v) is 8.47. The maximum Gasteiger partial charge on any atom is 0.275 e. The lowest BCUT2D eigenvalue weighted by molar-refractivity contribution is 0.0827. The van der Waals surface area contributed by atoms with Crippen molar-refractivity contribution >= 4 is 28.8 Å². The number of thiazole rings is 1. The van der Waals surface area contributed by atoms with E-state index in [1.54, 1.807) is 43.7 Å². The Bertz CT molecular complexity index is 927. The Kier molecular flexibility index (Phi) is 4.67. The van der Waals surface area contributed by atoms with Crippen LogP contribution in [0.4, 0.5) is 5.69 Å². The molecule has 6 nitrogen and oxygen atoms in total. The lowest BCUT2D eigenvalue weighted by atomic mass is 10.2. The predicted molar refractivity (Wildman–Crippen MR) is 97.0 cm³/mol. The smallest absolute Gasteiger partial charge is 0.275 e. The molecule has 0 aliphatic heterocycles. The van der Waals surface area contributed by atoms with Gasteiger partial charge in [0.05, 0.1) is 0 Å². The summed E-state index contributed by atoms with van der Waals surface area (Å²) in [4.78, 5) is 30.2. The highest BCUT2D eigenvalue weighted by atomic mass is 32.1. The number of nitrogens with one attached hydrogen (secondary N) is 1. The number of rotatable bonds is 4. The van der Waals surface area contributed by atoms with E-state index >= 15 is 0 Å². The Morgan fingerprint density at radius 3 is 2.68 bits per heavy atom. The van der Waals surface area contributed by atoms with Crippen LogP contribution in [0.3, 0.4) is 0 Å². The van der Waals surface area contributed by atoms with Crippen molar-refractivity contribution in [3.05, 3.63) is 58.8 Å². The first-order valence-electron chi connectivity index (χ1n) is 7.59. The zero-order valence-electron chi connectivity index (χ0n) is 14.1. The summed E-state index contributed by atoms with van der Waals surface area (Å²) in [5.74, 6) is 0.971. The normalized spacial score (nSPS) is 10.5. The second kappa shape index (κ2) is 6.90. The number of carbonyl (C=O) groups is 2. The summed E-state index contributed by atoms with van der Waals surface area (Å²) < 4.78 is 5.52. The predicted octanol–water partition coefficient (Wildman–Crippen LogP) is 3.67. The second-order valence-corrected chi connectivity index (χ2v) is 6.54. The summed E-state index contributed by atoms with van der Waals surface area (Å²) in [6, 6.07) is 10.5. The van der Waals surface area contributed by atoms with Crippen molar-refractivity contribution in [2.24, 2.45) is 0 Å². The lowest BCUT2D eigenvalue weighted by Gasteiger charge is -2.11. The molecule has 0 fully saturated rings. The van der Waals surface area contributed by atoms with Crippen LogP contribution in [0.15, 0.2) is 46.2 Å². The first-order chi connectivity index (χ1) is 11.9. The number of amides is 2. The van der Waals surface area contributed by atoms with Crippen LogP contribution in [0.5, 0.6) is 0 Å². The molecule has 25 heavy (non-hydrogen) atoms. The molecule has 2 amide bonds. The Balaban J connectivity index is 1.76. The van der Waals surface area contributed by atoms with Crippen LogP contribution in [0, 0.1) is 6.92 Å². The molecule has 0 bridgehead atoms. The van der Waals surface area contributed by atoms with Gasteiger partial charge in [0.15, 0.2) is 10.8 Å².